The second kappa shape index (κ2) is 4.16. The van der Waals surface area contributed by atoms with Crippen LogP contribution in [0.15, 0.2) is 0 Å². The normalized spacial score (nSPS) is 18.9. The van der Waals surface area contributed by atoms with E-state index in [2.05, 4.69) is 41.0 Å². The van der Waals surface area contributed by atoms with Gasteiger partial charge in [0.2, 0.25) is 0 Å². The Morgan fingerprint density at radius 2 is 2.18 bits per heavy atom. The smallest absolute Gasteiger partial charge is 0.375 e. The minimum Gasteiger partial charge on any atom is -0.375 e. The fraction of sp³-hybridized carbons (Fsp3) is 1.00. The molecule has 1 fully saturated rings. The largest absolute Gasteiger partial charge is 0.376 e. The second-order valence-electron chi connectivity index (χ2n) is 2.84. The van der Waals surface area contributed by atoms with Gasteiger partial charge in [-0.05, 0) is 13.6 Å². The summed E-state index contributed by atoms with van der Waals surface area (Å²) in [6.07, 6.45) is 0. The molecule has 11 heavy (non-hydrogen) atoms. The summed E-state index contributed by atoms with van der Waals surface area (Å²) in [6.45, 7) is 5.60. The number of hydrogen-bond acceptors (Lipinski definition) is 4. The highest BCUT2D eigenvalue weighted by Gasteiger charge is 2.27. The first-order valence-corrected chi connectivity index (χ1v) is 4.04. The summed E-state index contributed by atoms with van der Waals surface area (Å²) < 4.78 is 0. The Kier molecular flexibility index (Phi) is 3.45. The van der Waals surface area contributed by atoms with Crippen LogP contribution in [0.2, 0.25) is 6.82 Å². The molecule has 1 heterocycles. The molecular weight excluding hydrogens is 137 g/mol. The van der Waals surface area contributed by atoms with Crippen LogP contribution >= 0.6 is 0 Å². The third-order valence-electron chi connectivity index (χ3n) is 1.92. The van der Waals surface area contributed by atoms with Gasteiger partial charge in [0.25, 0.3) is 14.5 Å². The van der Waals surface area contributed by atoms with E-state index in [-0.39, 0.29) is 7.12 Å². The van der Waals surface area contributed by atoms with Crippen molar-refractivity contribution in [3.63, 3.8) is 0 Å². The molecule has 1 aliphatic rings. The van der Waals surface area contributed by atoms with E-state index in [1.54, 1.807) is 0 Å². The molecule has 1 radical (unpaired) electrons. The van der Waals surface area contributed by atoms with Crippen LogP contribution in [0.4, 0.5) is 0 Å². The highest BCUT2D eigenvalue weighted by Crippen LogP contribution is 1.85. The molecule has 0 spiro atoms. The third-order valence-corrected chi connectivity index (χ3v) is 1.92. The van der Waals surface area contributed by atoms with E-state index in [0.717, 1.165) is 6.54 Å². The van der Waals surface area contributed by atoms with Crippen LogP contribution in [-0.2, 0) is 0 Å². The van der Waals surface area contributed by atoms with Crippen LogP contribution in [0.25, 0.3) is 0 Å². The minimum atomic E-state index is 0.260. The van der Waals surface area contributed by atoms with Gasteiger partial charge < -0.3 is 20.2 Å². The van der Waals surface area contributed by atoms with Gasteiger partial charge >= 0.3 is 7.12 Å². The Hall–Kier alpha value is 0.0348. The van der Waals surface area contributed by atoms with Crippen LogP contribution in [0, 0.1) is 0 Å². The molecule has 1 saturated heterocycles. The van der Waals surface area contributed by atoms with E-state index in [1.165, 1.54) is 0 Å². The van der Waals surface area contributed by atoms with Crippen molar-refractivity contribution < 1.29 is 0 Å². The summed E-state index contributed by atoms with van der Waals surface area (Å²) in [5.74, 6) is 0. The standard InChI is InChI=1S/C4H14B3N4/c1-4-11(3)7-9-5-8-6(2)10-7/h8-10H,4H2,1-3H3. The van der Waals surface area contributed by atoms with Gasteiger partial charge in [-0.2, -0.15) is 0 Å². The minimum absolute atomic E-state index is 0.260. The molecule has 7 heteroatoms. The van der Waals surface area contributed by atoms with E-state index in [4.69, 9.17) is 0 Å². The summed E-state index contributed by atoms with van der Waals surface area (Å²) in [6, 6.07) is 0. The lowest BCUT2D eigenvalue weighted by Gasteiger charge is -2.31. The third kappa shape index (κ3) is 2.52. The van der Waals surface area contributed by atoms with Gasteiger partial charge in [0.1, 0.15) is 0 Å². The average Bonchev–Trinajstić information content (AvgIpc) is 2.03. The maximum atomic E-state index is 3.34. The molecule has 4 nitrogen and oxygen atoms in total. The van der Waals surface area contributed by atoms with E-state index in [9.17, 15) is 0 Å². The van der Waals surface area contributed by atoms with Crippen LogP contribution in [0.3, 0.4) is 0 Å². The highest BCUT2D eigenvalue weighted by atomic mass is 15.2. The lowest BCUT2D eigenvalue weighted by atomic mass is 9.63. The molecule has 0 aromatic heterocycles. The number of hydrogen-bond donors (Lipinski definition) is 3. The molecule has 1 rings (SSSR count). The van der Waals surface area contributed by atoms with Crippen molar-refractivity contribution in [1.29, 1.82) is 0 Å². The van der Waals surface area contributed by atoms with Crippen molar-refractivity contribution in [3.8, 4) is 0 Å². The maximum absolute atomic E-state index is 3.34. The zero-order valence-corrected chi connectivity index (χ0v) is 7.39. The van der Waals surface area contributed by atoms with E-state index in [1.807, 2.05) is 7.55 Å². The van der Waals surface area contributed by atoms with Gasteiger partial charge in [0.05, 0.1) is 0 Å². The first-order valence-electron chi connectivity index (χ1n) is 4.04. The molecule has 0 aromatic rings. The molecule has 0 amide bonds. The highest BCUT2D eigenvalue weighted by molar-refractivity contribution is 6.80. The van der Waals surface area contributed by atoms with Crippen molar-refractivity contribution >= 4 is 21.6 Å². The SMILES string of the molecule is CCN(C)B1N[B]NB(C)N1. The van der Waals surface area contributed by atoms with Gasteiger partial charge in [-0.25, -0.2) is 0 Å². The molecule has 0 saturated carbocycles. The summed E-state index contributed by atoms with van der Waals surface area (Å²) in [5.41, 5.74) is 0. The van der Waals surface area contributed by atoms with Crippen LogP contribution in [-0.4, -0.2) is 40.1 Å². The Balaban J connectivity index is 2.33. The topological polar surface area (TPSA) is 39.3 Å². The summed E-state index contributed by atoms with van der Waals surface area (Å²) >= 11 is 0. The molecule has 59 valence electrons. The van der Waals surface area contributed by atoms with Crippen molar-refractivity contribution in [2.45, 2.75) is 13.7 Å². The Labute approximate surface area is 70.0 Å². The molecular formula is C4H14B3N4. The van der Waals surface area contributed by atoms with E-state index < -0.39 is 0 Å². The van der Waals surface area contributed by atoms with Crippen molar-refractivity contribution in [3.05, 3.63) is 0 Å². The molecule has 0 atom stereocenters. The first-order chi connectivity index (χ1) is 5.24. The lowest BCUT2D eigenvalue weighted by Crippen LogP contribution is -2.73. The number of nitrogens with zero attached hydrogens (tertiary/aromatic N) is 1. The quantitative estimate of drug-likeness (QED) is 0.413. The molecule has 0 aliphatic carbocycles. The van der Waals surface area contributed by atoms with Gasteiger partial charge in [0.15, 0.2) is 0 Å². The van der Waals surface area contributed by atoms with Crippen molar-refractivity contribution in [2.24, 2.45) is 0 Å². The van der Waals surface area contributed by atoms with E-state index in [0.29, 0.717) is 6.98 Å². The van der Waals surface area contributed by atoms with E-state index >= 15 is 0 Å². The predicted octanol–water partition coefficient (Wildman–Crippen LogP) is -1.64. The monoisotopic (exact) mass is 151 g/mol. The Morgan fingerprint density at radius 1 is 1.45 bits per heavy atom. The number of nitrogens with one attached hydrogen (secondary N) is 3. The summed E-state index contributed by atoms with van der Waals surface area (Å²) in [4.78, 5) is 2.20. The molecule has 0 bridgehead atoms. The zero-order chi connectivity index (χ0) is 8.27. The maximum Gasteiger partial charge on any atom is 0.376 e. The summed E-state index contributed by atoms with van der Waals surface area (Å²) in [7, 11) is 4.23. The second-order valence-corrected chi connectivity index (χ2v) is 2.84. The Morgan fingerprint density at radius 3 is 2.73 bits per heavy atom. The van der Waals surface area contributed by atoms with Crippen molar-refractivity contribution in [1.82, 2.24) is 20.2 Å². The van der Waals surface area contributed by atoms with Crippen LogP contribution < -0.4 is 15.4 Å². The Bertz CT molecular complexity index is 124. The summed E-state index contributed by atoms with van der Waals surface area (Å²) in [5, 5.41) is 9.64. The van der Waals surface area contributed by atoms with Gasteiger partial charge in [-0.15, -0.1) is 0 Å². The van der Waals surface area contributed by atoms with Crippen molar-refractivity contribution in [2.75, 3.05) is 13.6 Å². The molecule has 3 N–H and O–H groups in total. The molecule has 1 aliphatic heterocycles. The van der Waals surface area contributed by atoms with Gasteiger partial charge in [-0.1, -0.05) is 13.7 Å². The first kappa shape index (κ1) is 9.13. The lowest BCUT2D eigenvalue weighted by molar-refractivity contribution is 0.537. The van der Waals surface area contributed by atoms with Gasteiger partial charge in [0, 0.05) is 0 Å². The predicted molar refractivity (Wildman–Crippen MR) is 50.8 cm³/mol. The zero-order valence-electron chi connectivity index (χ0n) is 7.39. The average molecular weight is 151 g/mol. The fourth-order valence-electron chi connectivity index (χ4n) is 1.02. The molecule has 0 aromatic carbocycles. The fourth-order valence-corrected chi connectivity index (χ4v) is 1.02. The number of rotatable bonds is 2. The van der Waals surface area contributed by atoms with Crippen LogP contribution in [0.1, 0.15) is 6.92 Å². The van der Waals surface area contributed by atoms with Gasteiger partial charge in [-0.3, -0.25) is 0 Å². The van der Waals surface area contributed by atoms with Crippen LogP contribution in [0.5, 0.6) is 0 Å². The molecule has 0 unspecified atom stereocenters.